The molecule has 2 heterocycles. The van der Waals surface area contributed by atoms with E-state index in [0.717, 1.165) is 17.0 Å². The molecule has 0 fully saturated rings. The number of hydrogen-bond acceptors (Lipinski definition) is 5. The second-order valence-electron chi connectivity index (χ2n) is 4.26. The Labute approximate surface area is 132 Å². The standard InChI is InChI=1S/C13H14Cl2N4S/c1-6-7(2)17-13(18-8(6)3)20-12-10(15)5-9(14)11(16-4)19-12/h5H,1-4H3,(H,16,19). The van der Waals surface area contributed by atoms with Crippen LogP contribution in [-0.2, 0) is 0 Å². The zero-order valence-corrected chi connectivity index (χ0v) is 13.9. The van der Waals surface area contributed by atoms with Gasteiger partial charge in [-0.1, -0.05) is 23.2 Å². The fourth-order valence-corrected chi connectivity index (χ4v) is 2.97. The summed E-state index contributed by atoms with van der Waals surface area (Å²) in [5, 5.41) is 5.15. The maximum Gasteiger partial charge on any atom is 0.194 e. The first kappa shape index (κ1) is 15.4. The lowest BCUT2D eigenvalue weighted by Gasteiger charge is -2.09. The Morgan fingerprint density at radius 3 is 2.15 bits per heavy atom. The molecule has 0 radical (unpaired) electrons. The van der Waals surface area contributed by atoms with Crippen molar-refractivity contribution in [3.63, 3.8) is 0 Å². The van der Waals surface area contributed by atoms with Gasteiger partial charge in [0.1, 0.15) is 10.8 Å². The minimum Gasteiger partial charge on any atom is -0.372 e. The molecule has 0 aliphatic heterocycles. The fraction of sp³-hybridized carbons (Fsp3) is 0.308. The highest BCUT2D eigenvalue weighted by Gasteiger charge is 2.13. The Morgan fingerprint density at radius 1 is 1.00 bits per heavy atom. The molecule has 2 aromatic heterocycles. The maximum absolute atomic E-state index is 6.17. The number of hydrogen-bond donors (Lipinski definition) is 1. The van der Waals surface area contributed by atoms with Gasteiger partial charge in [0.25, 0.3) is 0 Å². The van der Waals surface area contributed by atoms with Gasteiger partial charge >= 0.3 is 0 Å². The molecule has 0 bridgehead atoms. The number of pyridine rings is 1. The molecule has 0 saturated heterocycles. The van der Waals surface area contributed by atoms with Crippen LogP contribution in [0, 0.1) is 20.8 Å². The van der Waals surface area contributed by atoms with E-state index in [4.69, 9.17) is 23.2 Å². The van der Waals surface area contributed by atoms with Crippen LogP contribution in [-0.4, -0.2) is 22.0 Å². The van der Waals surface area contributed by atoms with Crippen LogP contribution < -0.4 is 5.32 Å². The smallest absolute Gasteiger partial charge is 0.194 e. The van der Waals surface area contributed by atoms with Crippen LogP contribution in [0.2, 0.25) is 10.0 Å². The molecular formula is C13H14Cl2N4S. The highest BCUT2D eigenvalue weighted by atomic mass is 35.5. The Bertz CT molecular complexity index is 638. The SMILES string of the molecule is CNc1nc(Sc2nc(C)c(C)c(C)n2)c(Cl)cc1Cl. The zero-order valence-electron chi connectivity index (χ0n) is 11.6. The molecule has 0 amide bonds. The van der Waals surface area contributed by atoms with Crippen molar-refractivity contribution in [1.29, 1.82) is 0 Å². The van der Waals surface area contributed by atoms with E-state index in [1.807, 2.05) is 20.8 Å². The third-order valence-corrected chi connectivity index (χ3v) is 4.49. The Morgan fingerprint density at radius 2 is 1.60 bits per heavy atom. The zero-order chi connectivity index (χ0) is 14.9. The summed E-state index contributed by atoms with van der Waals surface area (Å²) in [5.41, 5.74) is 3.01. The fourth-order valence-electron chi connectivity index (χ4n) is 1.57. The molecule has 0 saturated carbocycles. The van der Waals surface area contributed by atoms with Gasteiger partial charge in [0.15, 0.2) is 5.16 Å². The third-order valence-electron chi connectivity index (χ3n) is 2.93. The molecule has 7 heteroatoms. The van der Waals surface area contributed by atoms with Crippen molar-refractivity contribution in [1.82, 2.24) is 15.0 Å². The normalized spacial score (nSPS) is 10.7. The van der Waals surface area contributed by atoms with Crippen molar-refractivity contribution >= 4 is 40.8 Å². The molecule has 0 aromatic carbocycles. The first-order valence-electron chi connectivity index (χ1n) is 5.96. The van der Waals surface area contributed by atoms with Crippen molar-refractivity contribution in [3.05, 3.63) is 33.1 Å². The summed E-state index contributed by atoms with van der Waals surface area (Å²) in [4.78, 5) is 13.3. The van der Waals surface area contributed by atoms with Crippen LogP contribution in [0.1, 0.15) is 17.0 Å². The van der Waals surface area contributed by atoms with Gasteiger partial charge in [-0.25, -0.2) is 15.0 Å². The minimum atomic E-state index is 0.485. The van der Waals surface area contributed by atoms with Crippen LogP contribution >= 0.6 is 35.0 Å². The number of anilines is 1. The Balaban J connectivity index is 2.39. The lowest BCUT2D eigenvalue weighted by Crippen LogP contribution is -1.99. The summed E-state index contributed by atoms with van der Waals surface area (Å²) in [7, 11) is 1.76. The van der Waals surface area contributed by atoms with Crippen molar-refractivity contribution in [2.24, 2.45) is 0 Å². The predicted molar refractivity (Wildman–Crippen MR) is 84.2 cm³/mol. The van der Waals surface area contributed by atoms with E-state index in [-0.39, 0.29) is 0 Å². The predicted octanol–water partition coefficient (Wildman–Crippen LogP) is 4.30. The summed E-state index contributed by atoms with van der Waals surface area (Å²) in [5.74, 6) is 0.583. The minimum absolute atomic E-state index is 0.485. The molecule has 20 heavy (non-hydrogen) atoms. The Hall–Kier alpha value is -1.04. The summed E-state index contributed by atoms with van der Waals surface area (Å²) >= 11 is 13.5. The highest BCUT2D eigenvalue weighted by Crippen LogP contribution is 2.34. The molecule has 0 unspecified atom stereocenters. The second kappa shape index (κ2) is 6.16. The highest BCUT2D eigenvalue weighted by molar-refractivity contribution is 7.99. The number of aryl methyl sites for hydroxylation is 2. The van der Waals surface area contributed by atoms with Gasteiger partial charge in [-0.05, 0) is 44.2 Å². The quantitative estimate of drug-likeness (QED) is 0.851. The Kier molecular flexibility index (Phi) is 4.73. The number of aromatic nitrogens is 3. The molecule has 4 nitrogen and oxygen atoms in total. The summed E-state index contributed by atoms with van der Waals surface area (Å²) in [6.07, 6.45) is 0. The lowest BCUT2D eigenvalue weighted by atomic mass is 10.2. The van der Waals surface area contributed by atoms with Gasteiger partial charge in [0, 0.05) is 18.4 Å². The molecule has 1 N–H and O–H groups in total. The van der Waals surface area contributed by atoms with Gasteiger partial charge in [-0.2, -0.15) is 0 Å². The van der Waals surface area contributed by atoms with Crippen LogP contribution in [0.5, 0.6) is 0 Å². The van der Waals surface area contributed by atoms with Crippen LogP contribution in [0.3, 0.4) is 0 Å². The van der Waals surface area contributed by atoms with E-state index in [1.54, 1.807) is 13.1 Å². The van der Waals surface area contributed by atoms with E-state index in [1.165, 1.54) is 11.8 Å². The summed E-state index contributed by atoms with van der Waals surface area (Å²) in [6.45, 7) is 5.93. The van der Waals surface area contributed by atoms with Gasteiger partial charge < -0.3 is 5.32 Å². The van der Waals surface area contributed by atoms with Crippen molar-refractivity contribution < 1.29 is 0 Å². The molecule has 0 spiro atoms. The summed E-state index contributed by atoms with van der Waals surface area (Å²) in [6, 6.07) is 1.66. The van der Waals surface area contributed by atoms with Crippen molar-refractivity contribution in [2.45, 2.75) is 31.0 Å². The average Bonchev–Trinajstić information content (AvgIpc) is 2.39. The molecule has 0 atom stereocenters. The van der Waals surface area contributed by atoms with Gasteiger partial charge in [-0.15, -0.1) is 0 Å². The lowest BCUT2D eigenvalue weighted by molar-refractivity contribution is 0.878. The number of rotatable bonds is 3. The molecular weight excluding hydrogens is 315 g/mol. The third kappa shape index (κ3) is 3.16. The van der Waals surface area contributed by atoms with E-state index in [0.29, 0.717) is 26.0 Å². The maximum atomic E-state index is 6.17. The average molecular weight is 329 g/mol. The first-order chi connectivity index (χ1) is 9.42. The second-order valence-corrected chi connectivity index (χ2v) is 6.03. The number of nitrogens with one attached hydrogen (secondary N) is 1. The molecule has 0 aliphatic carbocycles. The van der Waals surface area contributed by atoms with E-state index < -0.39 is 0 Å². The van der Waals surface area contributed by atoms with Crippen LogP contribution in [0.4, 0.5) is 5.82 Å². The number of nitrogens with zero attached hydrogens (tertiary/aromatic N) is 3. The molecule has 106 valence electrons. The summed E-state index contributed by atoms with van der Waals surface area (Å²) < 4.78 is 0. The molecule has 2 aromatic rings. The number of halogens is 2. The van der Waals surface area contributed by atoms with E-state index in [2.05, 4.69) is 20.3 Å². The topological polar surface area (TPSA) is 50.7 Å². The van der Waals surface area contributed by atoms with E-state index >= 15 is 0 Å². The van der Waals surface area contributed by atoms with Gasteiger partial charge in [0.05, 0.1) is 10.0 Å². The molecule has 2 rings (SSSR count). The first-order valence-corrected chi connectivity index (χ1v) is 7.53. The van der Waals surface area contributed by atoms with Crippen molar-refractivity contribution in [2.75, 3.05) is 12.4 Å². The monoisotopic (exact) mass is 328 g/mol. The molecule has 0 aliphatic rings. The largest absolute Gasteiger partial charge is 0.372 e. The van der Waals surface area contributed by atoms with Gasteiger partial charge in [-0.3, -0.25) is 0 Å². The van der Waals surface area contributed by atoms with Crippen molar-refractivity contribution in [3.8, 4) is 0 Å². The van der Waals surface area contributed by atoms with Gasteiger partial charge in [0.2, 0.25) is 0 Å². The van der Waals surface area contributed by atoms with E-state index in [9.17, 15) is 0 Å². The van der Waals surface area contributed by atoms with Crippen LogP contribution in [0.25, 0.3) is 0 Å². The van der Waals surface area contributed by atoms with Crippen LogP contribution in [0.15, 0.2) is 16.2 Å².